The summed E-state index contributed by atoms with van der Waals surface area (Å²) in [6.07, 6.45) is 19.8. The normalized spacial score (nSPS) is 37.0. The Hall–Kier alpha value is -0.780. The molecule has 1 saturated carbocycles. The monoisotopic (exact) mass is 284 g/mol. The van der Waals surface area contributed by atoms with Crippen LogP contribution in [0, 0.1) is 17.3 Å². The minimum absolute atomic E-state index is 0.583. The Bertz CT molecular complexity index is 476. The largest absolute Gasteiger partial charge is 0.0810 e. The third-order valence-corrected chi connectivity index (χ3v) is 6.76. The van der Waals surface area contributed by atoms with Crippen LogP contribution in [0.3, 0.4) is 0 Å². The van der Waals surface area contributed by atoms with Gasteiger partial charge in [0.1, 0.15) is 0 Å². The van der Waals surface area contributed by atoms with E-state index in [0.29, 0.717) is 5.41 Å². The SMILES string of the molecule is CC[C@@H]1CC[C@H]2C(C=CC3=C(C)CCCC3)=CCC[C@]12C. The molecule has 1 fully saturated rings. The van der Waals surface area contributed by atoms with Crippen molar-refractivity contribution in [3.05, 3.63) is 34.9 Å². The summed E-state index contributed by atoms with van der Waals surface area (Å²) < 4.78 is 0. The molecular weight excluding hydrogens is 252 g/mol. The van der Waals surface area contributed by atoms with Gasteiger partial charge in [0.15, 0.2) is 0 Å². The minimum Gasteiger partial charge on any atom is -0.0810 e. The molecule has 0 nitrogen and oxygen atoms in total. The quantitative estimate of drug-likeness (QED) is 0.548. The van der Waals surface area contributed by atoms with Crippen LogP contribution in [0.1, 0.15) is 78.6 Å². The predicted molar refractivity (Wildman–Crippen MR) is 92.2 cm³/mol. The van der Waals surface area contributed by atoms with E-state index in [1.807, 2.05) is 0 Å². The van der Waals surface area contributed by atoms with Gasteiger partial charge < -0.3 is 0 Å². The molecule has 0 aromatic heterocycles. The molecule has 0 aromatic carbocycles. The van der Waals surface area contributed by atoms with E-state index in [0.717, 1.165) is 11.8 Å². The molecule has 0 heteroatoms. The molecule has 0 saturated heterocycles. The number of fused-ring (bicyclic) bond motifs is 1. The Kier molecular flexibility index (Phi) is 4.43. The van der Waals surface area contributed by atoms with Gasteiger partial charge in [-0.2, -0.15) is 0 Å². The van der Waals surface area contributed by atoms with Crippen LogP contribution in [-0.2, 0) is 0 Å². The third kappa shape index (κ3) is 2.79. The molecule has 0 amide bonds. The van der Waals surface area contributed by atoms with Gasteiger partial charge in [-0.15, -0.1) is 0 Å². The molecule has 0 N–H and O–H groups in total. The van der Waals surface area contributed by atoms with E-state index in [2.05, 4.69) is 39.0 Å². The lowest BCUT2D eigenvalue weighted by molar-refractivity contribution is 0.153. The predicted octanol–water partition coefficient (Wildman–Crippen LogP) is 6.60. The van der Waals surface area contributed by atoms with E-state index in [1.54, 1.807) is 16.7 Å². The summed E-state index contributed by atoms with van der Waals surface area (Å²) in [5, 5.41) is 0. The van der Waals surface area contributed by atoms with E-state index in [-0.39, 0.29) is 0 Å². The molecule has 0 aliphatic heterocycles. The summed E-state index contributed by atoms with van der Waals surface area (Å²) in [5.74, 6) is 1.78. The molecule has 0 spiro atoms. The summed E-state index contributed by atoms with van der Waals surface area (Å²) in [7, 11) is 0. The number of allylic oxidation sites excluding steroid dienone is 6. The van der Waals surface area contributed by atoms with Gasteiger partial charge in [0.2, 0.25) is 0 Å². The maximum Gasteiger partial charge on any atom is -0.0108 e. The average molecular weight is 284 g/mol. The molecule has 3 atom stereocenters. The fourth-order valence-electron chi connectivity index (χ4n) is 5.29. The van der Waals surface area contributed by atoms with Crippen molar-refractivity contribution in [2.75, 3.05) is 0 Å². The molecule has 0 radical (unpaired) electrons. The fourth-order valence-corrected chi connectivity index (χ4v) is 5.29. The maximum atomic E-state index is 2.57. The highest BCUT2D eigenvalue weighted by atomic mass is 14.5. The molecule has 116 valence electrons. The molecule has 3 rings (SSSR count). The number of rotatable bonds is 3. The van der Waals surface area contributed by atoms with Crippen molar-refractivity contribution in [1.29, 1.82) is 0 Å². The zero-order valence-electron chi connectivity index (χ0n) is 14.3. The van der Waals surface area contributed by atoms with Crippen molar-refractivity contribution >= 4 is 0 Å². The highest BCUT2D eigenvalue weighted by molar-refractivity contribution is 5.35. The molecule has 21 heavy (non-hydrogen) atoms. The summed E-state index contributed by atoms with van der Waals surface area (Å²) in [6.45, 7) is 7.30. The topological polar surface area (TPSA) is 0 Å². The molecule has 0 heterocycles. The lowest BCUT2D eigenvalue weighted by Gasteiger charge is -2.40. The first-order chi connectivity index (χ1) is 10.1. The van der Waals surface area contributed by atoms with Crippen molar-refractivity contribution in [2.24, 2.45) is 17.3 Å². The Morgan fingerprint density at radius 3 is 2.76 bits per heavy atom. The highest BCUT2D eigenvalue weighted by Gasteiger charge is 2.47. The molecule has 0 unspecified atom stereocenters. The van der Waals surface area contributed by atoms with Gasteiger partial charge >= 0.3 is 0 Å². The van der Waals surface area contributed by atoms with Crippen LogP contribution in [0.2, 0.25) is 0 Å². The summed E-state index contributed by atoms with van der Waals surface area (Å²) >= 11 is 0. The second kappa shape index (κ2) is 6.15. The van der Waals surface area contributed by atoms with Gasteiger partial charge in [0, 0.05) is 0 Å². The third-order valence-electron chi connectivity index (χ3n) is 6.76. The van der Waals surface area contributed by atoms with Gasteiger partial charge in [0.05, 0.1) is 0 Å². The Morgan fingerprint density at radius 2 is 2.00 bits per heavy atom. The van der Waals surface area contributed by atoms with E-state index >= 15 is 0 Å². The van der Waals surface area contributed by atoms with Crippen LogP contribution < -0.4 is 0 Å². The van der Waals surface area contributed by atoms with Crippen molar-refractivity contribution in [3.63, 3.8) is 0 Å². The van der Waals surface area contributed by atoms with Crippen LogP contribution in [0.15, 0.2) is 34.9 Å². The first-order valence-corrected chi connectivity index (χ1v) is 9.22. The average Bonchev–Trinajstić information content (AvgIpc) is 2.83. The Balaban J connectivity index is 1.79. The van der Waals surface area contributed by atoms with Gasteiger partial charge in [0.25, 0.3) is 0 Å². The standard InChI is InChI=1S/C21H32/c1-4-19-13-14-20-18(10-7-15-21(19,20)3)12-11-17-9-6-5-8-16(17)2/h10-12,19-20H,4-9,13-15H2,1-3H3/t19-,20+,21-/m1/s1. The lowest BCUT2D eigenvalue weighted by Crippen LogP contribution is -2.31. The molecule has 3 aliphatic carbocycles. The summed E-state index contributed by atoms with van der Waals surface area (Å²) in [5.41, 5.74) is 5.50. The highest BCUT2D eigenvalue weighted by Crippen LogP contribution is 2.57. The van der Waals surface area contributed by atoms with E-state index in [9.17, 15) is 0 Å². The van der Waals surface area contributed by atoms with Crippen LogP contribution in [0.4, 0.5) is 0 Å². The van der Waals surface area contributed by atoms with Gasteiger partial charge in [-0.25, -0.2) is 0 Å². The summed E-state index contributed by atoms with van der Waals surface area (Å²) in [4.78, 5) is 0. The molecule has 0 bridgehead atoms. The van der Waals surface area contributed by atoms with Gasteiger partial charge in [-0.05, 0) is 86.7 Å². The van der Waals surface area contributed by atoms with Gasteiger partial charge in [-0.3, -0.25) is 0 Å². The number of hydrogen-bond donors (Lipinski definition) is 0. The van der Waals surface area contributed by atoms with Crippen molar-refractivity contribution in [2.45, 2.75) is 78.6 Å². The van der Waals surface area contributed by atoms with Gasteiger partial charge in [-0.1, -0.05) is 44.1 Å². The first kappa shape index (κ1) is 15.1. The van der Waals surface area contributed by atoms with E-state index in [4.69, 9.17) is 0 Å². The maximum absolute atomic E-state index is 2.57. The zero-order valence-corrected chi connectivity index (χ0v) is 14.3. The first-order valence-electron chi connectivity index (χ1n) is 9.22. The number of hydrogen-bond acceptors (Lipinski definition) is 0. The van der Waals surface area contributed by atoms with E-state index in [1.165, 1.54) is 57.8 Å². The lowest BCUT2D eigenvalue weighted by atomic mass is 9.64. The van der Waals surface area contributed by atoms with Crippen molar-refractivity contribution in [1.82, 2.24) is 0 Å². The minimum atomic E-state index is 0.583. The van der Waals surface area contributed by atoms with Crippen LogP contribution in [0.25, 0.3) is 0 Å². The molecular formula is C21H32. The summed E-state index contributed by atoms with van der Waals surface area (Å²) in [6, 6.07) is 0. The van der Waals surface area contributed by atoms with Crippen LogP contribution in [-0.4, -0.2) is 0 Å². The zero-order chi connectivity index (χ0) is 14.9. The van der Waals surface area contributed by atoms with Crippen molar-refractivity contribution < 1.29 is 0 Å². The van der Waals surface area contributed by atoms with Crippen LogP contribution >= 0.6 is 0 Å². The Labute approximate surface area is 131 Å². The second-order valence-electron chi connectivity index (χ2n) is 7.83. The smallest absolute Gasteiger partial charge is 0.0108 e. The van der Waals surface area contributed by atoms with Crippen molar-refractivity contribution in [3.8, 4) is 0 Å². The molecule has 0 aromatic rings. The fraction of sp³-hybridized carbons (Fsp3) is 0.714. The van der Waals surface area contributed by atoms with E-state index < -0.39 is 0 Å². The Morgan fingerprint density at radius 1 is 1.19 bits per heavy atom. The second-order valence-corrected chi connectivity index (χ2v) is 7.83. The van der Waals surface area contributed by atoms with Crippen LogP contribution in [0.5, 0.6) is 0 Å². The molecule has 3 aliphatic rings.